The van der Waals surface area contributed by atoms with Crippen molar-refractivity contribution in [2.45, 2.75) is 20.3 Å². The van der Waals surface area contributed by atoms with Gasteiger partial charge in [-0.05, 0) is 12.0 Å². The minimum atomic E-state index is 0.506. The normalized spacial score (nSPS) is 10.1. The average Bonchev–Trinajstić information content (AvgIpc) is 2.34. The van der Waals surface area contributed by atoms with Crippen molar-refractivity contribution in [2.24, 2.45) is 5.92 Å². The number of pyridine rings is 1. The SMILES string of the molecule is COc1cccc(N(CCC#N)CC(C)C)n1. The zero-order chi connectivity index (χ0) is 12.7. The molecule has 0 radical (unpaired) electrons. The number of hydrogen-bond donors (Lipinski definition) is 0. The topological polar surface area (TPSA) is 49.1 Å². The number of nitriles is 1. The molecule has 0 unspecified atom stereocenters. The first-order chi connectivity index (χ1) is 8.17. The fraction of sp³-hybridized carbons (Fsp3) is 0.538. The van der Waals surface area contributed by atoms with Crippen molar-refractivity contribution in [1.29, 1.82) is 5.26 Å². The van der Waals surface area contributed by atoms with Crippen LogP contribution in [-0.2, 0) is 0 Å². The zero-order valence-corrected chi connectivity index (χ0v) is 10.7. The van der Waals surface area contributed by atoms with Crippen LogP contribution in [0.3, 0.4) is 0 Å². The van der Waals surface area contributed by atoms with Crippen LogP contribution in [0.2, 0.25) is 0 Å². The highest BCUT2D eigenvalue weighted by Crippen LogP contribution is 2.17. The summed E-state index contributed by atoms with van der Waals surface area (Å²) in [5.41, 5.74) is 0. The van der Waals surface area contributed by atoms with E-state index in [1.807, 2.05) is 18.2 Å². The van der Waals surface area contributed by atoms with Crippen molar-refractivity contribution in [1.82, 2.24) is 4.98 Å². The molecule has 4 nitrogen and oxygen atoms in total. The summed E-state index contributed by atoms with van der Waals surface area (Å²) in [6.45, 7) is 5.90. The molecule has 1 aromatic heterocycles. The molecule has 0 saturated heterocycles. The zero-order valence-electron chi connectivity index (χ0n) is 10.7. The number of rotatable bonds is 6. The van der Waals surface area contributed by atoms with E-state index in [0.717, 1.165) is 12.4 Å². The van der Waals surface area contributed by atoms with Crippen LogP contribution in [0.15, 0.2) is 18.2 Å². The standard InChI is InChI=1S/C13H19N3O/c1-11(2)10-16(9-5-8-14)12-6-4-7-13(15-12)17-3/h4,6-7,11H,5,9-10H2,1-3H3. The summed E-state index contributed by atoms with van der Waals surface area (Å²) in [6.07, 6.45) is 0.506. The fourth-order valence-electron chi connectivity index (χ4n) is 1.62. The van der Waals surface area contributed by atoms with Gasteiger partial charge < -0.3 is 9.64 Å². The van der Waals surface area contributed by atoms with Gasteiger partial charge in [-0.3, -0.25) is 0 Å². The Balaban J connectivity index is 2.83. The Morgan fingerprint density at radius 3 is 2.82 bits per heavy atom. The lowest BCUT2D eigenvalue weighted by molar-refractivity contribution is 0.397. The third-order valence-electron chi connectivity index (χ3n) is 2.32. The molecule has 1 heterocycles. The quantitative estimate of drug-likeness (QED) is 0.757. The van der Waals surface area contributed by atoms with E-state index in [-0.39, 0.29) is 0 Å². The first kappa shape index (κ1) is 13.3. The van der Waals surface area contributed by atoms with Gasteiger partial charge in [0.15, 0.2) is 0 Å². The number of anilines is 1. The van der Waals surface area contributed by atoms with Crippen LogP contribution in [-0.4, -0.2) is 25.2 Å². The maximum atomic E-state index is 8.68. The lowest BCUT2D eigenvalue weighted by atomic mass is 10.2. The second-order valence-electron chi connectivity index (χ2n) is 4.29. The number of hydrogen-bond acceptors (Lipinski definition) is 4. The molecular formula is C13H19N3O. The Hall–Kier alpha value is -1.76. The molecule has 0 amide bonds. The predicted molar refractivity (Wildman–Crippen MR) is 68.1 cm³/mol. The predicted octanol–water partition coefficient (Wildman–Crippen LogP) is 2.47. The molecule has 0 fully saturated rings. The number of methoxy groups -OCH3 is 1. The van der Waals surface area contributed by atoms with Gasteiger partial charge in [-0.25, -0.2) is 0 Å². The monoisotopic (exact) mass is 233 g/mol. The third-order valence-corrected chi connectivity index (χ3v) is 2.32. The van der Waals surface area contributed by atoms with Gasteiger partial charge >= 0.3 is 0 Å². The molecule has 0 atom stereocenters. The highest BCUT2D eigenvalue weighted by atomic mass is 16.5. The van der Waals surface area contributed by atoms with Crippen molar-refractivity contribution in [3.05, 3.63) is 18.2 Å². The molecule has 0 N–H and O–H groups in total. The Bertz CT molecular complexity index is 384. The molecule has 1 rings (SSSR count). The summed E-state index contributed by atoms with van der Waals surface area (Å²) in [5.74, 6) is 2.00. The minimum absolute atomic E-state index is 0.506. The maximum absolute atomic E-state index is 8.68. The molecule has 0 saturated carbocycles. The summed E-state index contributed by atoms with van der Waals surface area (Å²) in [5, 5.41) is 8.68. The van der Waals surface area contributed by atoms with Crippen molar-refractivity contribution >= 4 is 5.82 Å². The second kappa shape index (κ2) is 6.74. The van der Waals surface area contributed by atoms with Crippen LogP contribution in [0.1, 0.15) is 20.3 Å². The molecule has 0 aliphatic heterocycles. The summed E-state index contributed by atoms with van der Waals surface area (Å²) in [4.78, 5) is 6.51. The highest BCUT2D eigenvalue weighted by molar-refractivity contribution is 5.40. The molecule has 0 aliphatic carbocycles. The van der Waals surface area contributed by atoms with Crippen molar-refractivity contribution in [3.8, 4) is 11.9 Å². The summed E-state index contributed by atoms with van der Waals surface area (Å²) < 4.78 is 5.11. The first-order valence-corrected chi connectivity index (χ1v) is 5.80. The van der Waals surface area contributed by atoms with E-state index in [0.29, 0.717) is 24.8 Å². The minimum Gasteiger partial charge on any atom is -0.481 e. The van der Waals surface area contributed by atoms with E-state index >= 15 is 0 Å². The van der Waals surface area contributed by atoms with Crippen LogP contribution in [0.4, 0.5) is 5.82 Å². The van der Waals surface area contributed by atoms with Gasteiger partial charge in [0.2, 0.25) is 5.88 Å². The van der Waals surface area contributed by atoms with Gasteiger partial charge in [0, 0.05) is 19.2 Å². The lowest BCUT2D eigenvalue weighted by Crippen LogP contribution is -2.29. The largest absolute Gasteiger partial charge is 0.481 e. The van der Waals surface area contributed by atoms with Crippen LogP contribution in [0, 0.1) is 17.2 Å². The Labute approximate surface area is 103 Å². The van der Waals surface area contributed by atoms with E-state index in [9.17, 15) is 0 Å². The third kappa shape index (κ3) is 4.31. The van der Waals surface area contributed by atoms with E-state index in [1.165, 1.54) is 0 Å². The molecule has 17 heavy (non-hydrogen) atoms. The number of aromatic nitrogens is 1. The maximum Gasteiger partial charge on any atom is 0.214 e. The molecule has 0 aromatic carbocycles. The van der Waals surface area contributed by atoms with Crippen molar-refractivity contribution < 1.29 is 4.74 Å². The lowest BCUT2D eigenvalue weighted by Gasteiger charge is -2.24. The molecule has 4 heteroatoms. The first-order valence-electron chi connectivity index (χ1n) is 5.80. The van der Waals surface area contributed by atoms with Crippen LogP contribution < -0.4 is 9.64 Å². The van der Waals surface area contributed by atoms with Crippen molar-refractivity contribution in [2.75, 3.05) is 25.1 Å². The molecule has 92 valence electrons. The number of ether oxygens (including phenoxy) is 1. The van der Waals surface area contributed by atoms with Crippen LogP contribution >= 0.6 is 0 Å². The van der Waals surface area contributed by atoms with Gasteiger partial charge in [0.25, 0.3) is 0 Å². The fourth-order valence-corrected chi connectivity index (χ4v) is 1.62. The summed E-state index contributed by atoms with van der Waals surface area (Å²) in [7, 11) is 1.61. The van der Waals surface area contributed by atoms with Gasteiger partial charge in [0.1, 0.15) is 5.82 Å². The Morgan fingerprint density at radius 1 is 1.47 bits per heavy atom. The van der Waals surface area contributed by atoms with Crippen LogP contribution in [0.25, 0.3) is 0 Å². The molecule has 0 bridgehead atoms. The summed E-state index contributed by atoms with van der Waals surface area (Å²) in [6, 6.07) is 7.85. The average molecular weight is 233 g/mol. The summed E-state index contributed by atoms with van der Waals surface area (Å²) >= 11 is 0. The van der Waals surface area contributed by atoms with Gasteiger partial charge in [0.05, 0.1) is 19.6 Å². The molecular weight excluding hydrogens is 214 g/mol. The highest BCUT2D eigenvalue weighted by Gasteiger charge is 2.10. The van der Waals surface area contributed by atoms with E-state index in [1.54, 1.807) is 7.11 Å². The van der Waals surface area contributed by atoms with E-state index in [4.69, 9.17) is 10.00 Å². The second-order valence-corrected chi connectivity index (χ2v) is 4.29. The van der Waals surface area contributed by atoms with E-state index < -0.39 is 0 Å². The molecule has 0 aliphatic rings. The van der Waals surface area contributed by atoms with Gasteiger partial charge in [-0.2, -0.15) is 10.2 Å². The number of nitrogens with zero attached hydrogens (tertiary/aromatic N) is 3. The van der Waals surface area contributed by atoms with E-state index in [2.05, 4.69) is 29.8 Å². The molecule has 0 spiro atoms. The smallest absolute Gasteiger partial charge is 0.214 e. The molecule has 1 aromatic rings. The van der Waals surface area contributed by atoms with Crippen molar-refractivity contribution in [3.63, 3.8) is 0 Å². The Kier molecular flexibility index (Phi) is 5.28. The Morgan fingerprint density at radius 2 is 2.24 bits per heavy atom. The van der Waals surface area contributed by atoms with Crippen LogP contribution in [0.5, 0.6) is 5.88 Å². The van der Waals surface area contributed by atoms with Gasteiger partial charge in [-0.15, -0.1) is 0 Å². The van der Waals surface area contributed by atoms with Gasteiger partial charge in [-0.1, -0.05) is 19.9 Å².